The Morgan fingerprint density at radius 2 is 1.70 bits per heavy atom. The number of hydrogen-bond acceptors (Lipinski definition) is 3. The Balaban J connectivity index is 2.28. The fraction of sp³-hybridized carbons (Fsp3) is 0.250. The number of nitrogens with zero attached hydrogens (tertiary/aromatic N) is 1. The monoisotopic (exact) mass is 335 g/mol. The number of hydrogen-bond donors (Lipinski definition) is 1. The van der Waals surface area contributed by atoms with Crippen LogP contribution in [-0.2, 0) is 0 Å². The van der Waals surface area contributed by atoms with E-state index < -0.39 is 6.10 Å². The van der Waals surface area contributed by atoms with Gasteiger partial charge in [0.25, 0.3) is 0 Å². The van der Waals surface area contributed by atoms with E-state index >= 15 is 0 Å². The summed E-state index contributed by atoms with van der Waals surface area (Å²) in [5, 5.41) is 9.65. The van der Waals surface area contributed by atoms with Crippen molar-refractivity contribution in [1.29, 1.82) is 0 Å². The van der Waals surface area contributed by atoms with Gasteiger partial charge in [-0.2, -0.15) is 0 Å². The molecule has 0 radical (unpaired) electrons. The molecule has 0 fully saturated rings. The van der Waals surface area contributed by atoms with Gasteiger partial charge >= 0.3 is 0 Å². The average Bonchev–Trinajstić information content (AvgIpc) is 2.46. The van der Waals surface area contributed by atoms with E-state index in [1.54, 1.807) is 14.0 Å². The van der Waals surface area contributed by atoms with Crippen LogP contribution in [0, 0.1) is 0 Å². The Bertz CT molecular complexity index is 582. The van der Waals surface area contributed by atoms with Crippen molar-refractivity contribution in [1.82, 2.24) is 0 Å². The molecule has 3 nitrogen and oxygen atoms in total. The van der Waals surface area contributed by atoms with E-state index in [0.717, 1.165) is 27.2 Å². The first-order valence-electron chi connectivity index (χ1n) is 6.38. The minimum absolute atomic E-state index is 0.482. The van der Waals surface area contributed by atoms with E-state index in [0.29, 0.717) is 0 Å². The number of aliphatic hydroxyl groups excluding tert-OH is 1. The van der Waals surface area contributed by atoms with E-state index in [1.165, 1.54) is 0 Å². The lowest BCUT2D eigenvalue weighted by molar-refractivity contribution is 0.198. The SMILES string of the molecule is COc1ccc(N(C)c2ccc(C(C)O)c(Br)c2)cc1. The molecule has 0 saturated heterocycles. The molecule has 2 rings (SSSR count). The Morgan fingerprint density at radius 3 is 2.20 bits per heavy atom. The molecule has 0 aromatic heterocycles. The van der Waals surface area contributed by atoms with Crippen LogP contribution in [0.3, 0.4) is 0 Å². The maximum absolute atomic E-state index is 9.65. The molecule has 0 bridgehead atoms. The molecule has 0 spiro atoms. The highest BCUT2D eigenvalue weighted by atomic mass is 79.9. The van der Waals surface area contributed by atoms with Crippen molar-refractivity contribution < 1.29 is 9.84 Å². The number of rotatable bonds is 4. The summed E-state index contributed by atoms with van der Waals surface area (Å²) in [6, 6.07) is 13.8. The molecule has 2 aromatic carbocycles. The van der Waals surface area contributed by atoms with Gasteiger partial charge in [-0.05, 0) is 48.9 Å². The number of aliphatic hydroxyl groups is 1. The lowest BCUT2D eigenvalue weighted by Gasteiger charge is -2.21. The summed E-state index contributed by atoms with van der Waals surface area (Å²) in [7, 11) is 3.66. The Morgan fingerprint density at radius 1 is 1.10 bits per heavy atom. The van der Waals surface area contributed by atoms with Crippen molar-refractivity contribution in [2.75, 3.05) is 19.1 Å². The molecule has 0 saturated carbocycles. The zero-order chi connectivity index (χ0) is 14.7. The van der Waals surface area contributed by atoms with E-state index in [-0.39, 0.29) is 0 Å². The average molecular weight is 336 g/mol. The van der Waals surface area contributed by atoms with Gasteiger partial charge < -0.3 is 14.7 Å². The van der Waals surface area contributed by atoms with Crippen LogP contribution in [0.4, 0.5) is 11.4 Å². The van der Waals surface area contributed by atoms with Crippen molar-refractivity contribution in [3.05, 3.63) is 52.5 Å². The van der Waals surface area contributed by atoms with Gasteiger partial charge in [0, 0.05) is 22.9 Å². The molecular formula is C16H18BrNO2. The van der Waals surface area contributed by atoms with Gasteiger partial charge in [0.15, 0.2) is 0 Å². The minimum Gasteiger partial charge on any atom is -0.497 e. The predicted molar refractivity (Wildman–Crippen MR) is 85.8 cm³/mol. The van der Waals surface area contributed by atoms with Crippen LogP contribution in [-0.4, -0.2) is 19.3 Å². The van der Waals surface area contributed by atoms with Crippen molar-refractivity contribution in [2.45, 2.75) is 13.0 Å². The summed E-state index contributed by atoms with van der Waals surface area (Å²) in [6.45, 7) is 1.76. The van der Waals surface area contributed by atoms with E-state index in [1.807, 2.05) is 49.5 Å². The molecule has 1 atom stereocenters. The van der Waals surface area contributed by atoms with E-state index in [9.17, 15) is 5.11 Å². The molecule has 1 N–H and O–H groups in total. The quantitative estimate of drug-likeness (QED) is 0.905. The van der Waals surface area contributed by atoms with Crippen LogP contribution < -0.4 is 9.64 Å². The molecule has 20 heavy (non-hydrogen) atoms. The van der Waals surface area contributed by atoms with Crippen molar-refractivity contribution >= 4 is 27.3 Å². The van der Waals surface area contributed by atoms with Gasteiger partial charge in [-0.25, -0.2) is 0 Å². The summed E-state index contributed by atoms with van der Waals surface area (Å²) < 4.78 is 6.07. The van der Waals surface area contributed by atoms with Gasteiger partial charge in [0.05, 0.1) is 13.2 Å². The van der Waals surface area contributed by atoms with Gasteiger partial charge in [-0.1, -0.05) is 22.0 Å². The van der Waals surface area contributed by atoms with Gasteiger partial charge in [-0.3, -0.25) is 0 Å². The number of benzene rings is 2. The molecule has 2 aromatic rings. The predicted octanol–water partition coefficient (Wildman–Crippen LogP) is 4.28. The van der Waals surface area contributed by atoms with Gasteiger partial charge in [0.1, 0.15) is 5.75 Å². The largest absolute Gasteiger partial charge is 0.497 e. The van der Waals surface area contributed by atoms with Crippen LogP contribution in [0.1, 0.15) is 18.6 Å². The number of anilines is 2. The number of ether oxygens (including phenoxy) is 1. The third kappa shape index (κ3) is 3.14. The van der Waals surface area contributed by atoms with Crippen LogP contribution in [0.5, 0.6) is 5.75 Å². The third-order valence-electron chi connectivity index (χ3n) is 3.28. The second kappa shape index (κ2) is 6.29. The number of methoxy groups -OCH3 is 1. The minimum atomic E-state index is -0.482. The summed E-state index contributed by atoms with van der Waals surface area (Å²) in [4.78, 5) is 2.08. The normalized spacial score (nSPS) is 12.1. The Labute approximate surface area is 127 Å². The van der Waals surface area contributed by atoms with Gasteiger partial charge in [-0.15, -0.1) is 0 Å². The lowest BCUT2D eigenvalue weighted by atomic mass is 10.1. The highest BCUT2D eigenvalue weighted by Crippen LogP contribution is 2.31. The van der Waals surface area contributed by atoms with Crippen LogP contribution >= 0.6 is 15.9 Å². The Kier molecular flexibility index (Phi) is 4.68. The van der Waals surface area contributed by atoms with Crippen molar-refractivity contribution in [2.24, 2.45) is 0 Å². The van der Waals surface area contributed by atoms with Crippen molar-refractivity contribution in [3.8, 4) is 5.75 Å². The standard InChI is InChI=1S/C16H18BrNO2/c1-11(19)15-9-6-13(10-16(15)17)18(2)12-4-7-14(20-3)8-5-12/h4-11,19H,1-3H3. The maximum atomic E-state index is 9.65. The molecule has 0 amide bonds. The lowest BCUT2D eigenvalue weighted by Crippen LogP contribution is -2.09. The molecule has 0 aliphatic rings. The smallest absolute Gasteiger partial charge is 0.119 e. The molecular weight excluding hydrogens is 318 g/mol. The first kappa shape index (κ1) is 14.9. The molecule has 0 aliphatic carbocycles. The van der Waals surface area contributed by atoms with Crippen LogP contribution in [0.2, 0.25) is 0 Å². The highest BCUT2D eigenvalue weighted by Gasteiger charge is 2.10. The summed E-state index contributed by atoms with van der Waals surface area (Å²) in [6.07, 6.45) is -0.482. The van der Waals surface area contributed by atoms with Crippen LogP contribution in [0.25, 0.3) is 0 Å². The Hall–Kier alpha value is -1.52. The maximum Gasteiger partial charge on any atom is 0.119 e. The second-order valence-electron chi connectivity index (χ2n) is 4.64. The summed E-state index contributed by atoms with van der Waals surface area (Å²) in [5.74, 6) is 0.841. The first-order valence-corrected chi connectivity index (χ1v) is 7.17. The number of halogens is 1. The van der Waals surface area contributed by atoms with Crippen molar-refractivity contribution in [3.63, 3.8) is 0 Å². The highest BCUT2D eigenvalue weighted by molar-refractivity contribution is 9.10. The zero-order valence-corrected chi connectivity index (χ0v) is 13.4. The molecule has 0 aliphatic heterocycles. The van der Waals surface area contributed by atoms with E-state index in [4.69, 9.17) is 4.74 Å². The van der Waals surface area contributed by atoms with Crippen LogP contribution in [0.15, 0.2) is 46.9 Å². The zero-order valence-electron chi connectivity index (χ0n) is 11.8. The molecule has 106 valence electrons. The summed E-state index contributed by atoms with van der Waals surface area (Å²) >= 11 is 3.50. The van der Waals surface area contributed by atoms with E-state index in [2.05, 4.69) is 20.8 Å². The third-order valence-corrected chi connectivity index (χ3v) is 3.97. The second-order valence-corrected chi connectivity index (χ2v) is 5.49. The molecule has 4 heteroatoms. The fourth-order valence-electron chi connectivity index (χ4n) is 2.02. The first-order chi connectivity index (χ1) is 9.52. The molecule has 0 heterocycles. The molecule has 1 unspecified atom stereocenters. The topological polar surface area (TPSA) is 32.7 Å². The fourth-order valence-corrected chi connectivity index (χ4v) is 2.72. The summed E-state index contributed by atoms with van der Waals surface area (Å²) in [5.41, 5.74) is 3.01. The van der Waals surface area contributed by atoms with Gasteiger partial charge in [0.2, 0.25) is 0 Å².